The van der Waals surface area contributed by atoms with E-state index in [1.807, 2.05) is 6.92 Å². The van der Waals surface area contributed by atoms with Crippen LogP contribution in [-0.4, -0.2) is 47.7 Å². The first kappa shape index (κ1) is 15.4. The van der Waals surface area contributed by atoms with Crippen LogP contribution in [-0.2, 0) is 4.79 Å². The SMILES string of the molecule is CC(C)CNC(=O)C(C)N(CCCO)C1CCC1. The van der Waals surface area contributed by atoms with Gasteiger partial charge in [-0.05, 0) is 32.1 Å². The number of amides is 1. The molecule has 1 aliphatic rings. The van der Waals surface area contributed by atoms with Gasteiger partial charge in [0.15, 0.2) is 0 Å². The Morgan fingerprint density at radius 1 is 1.39 bits per heavy atom. The summed E-state index contributed by atoms with van der Waals surface area (Å²) in [5.41, 5.74) is 0. The van der Waals surface area contributed by atoms with E-state index in [1.54, 1.807) is 0 Å². The van der Waals surface area contributed by atoms with Gasteiger partial charge < -0.3 is 10.4 Å². The van der Waals surface area contributed by atoms with Crippen molar-refractivity contribution in [3.63, 3.8) is 0 Å². The van der Waals surface area contributed by atoms with Crippen LogP contribution < -0.4 is 5.32 Å². The lowest BCUT2D eigenvalue weighted by Crippen LogP contribution is -2.52. The van der Waals surface area contributed by atoms with E-state index < -0.39 is 0 Å². The van der Waals surface area contributed by atoms with Crippen molar-refractivity contribution in [3.8, 4) is 0 Å². The molecule has 106 valence electrons. The highest BCUT2D eigenvalue weighted by molar-refractivity contribution is 5.81. The molecule has 0 spiro atoms. The Balaban J connectivity index is 2.46. The van der Waals surface area contributed by atoms with Gasteiger partial charge in [0.05, 0.1) is 6.04 Å². The Morgan fingerprint density at radius 3 is 2.50 bits per heavy atom. The summed E-state index contributed by atoms with van der Waals surface area (Å²) in [6.45, 7) is 7.93. The predicted molar refractivity (Wildman–Crippen MR) is 73.4 cm³/mol. The van der Waals surface area contributed by atoms with Crippen LogP contribution in [0.5, 0.6) is 0 Å². The number of aliphatic hydroxyl groups excluding tert-OH is 1. The normalized spacial score (nSPS) is 17.9. The average molecular weight is 256 g/mol. The Bertz CT molecular complexity index is 252. The molecule has 1 rings (SSSR count). The van der Waals surface area contributed by atoms with E-state index in [4.69, 9.17) is 5.11 Å². The van der Waals surface area contributed by atoms with Crippen LogP contribution in [0.1, 0.15) is 46.5 Å². The number of carbonyl (C=O) groups is 1. The summed E-state index contributed by atoms with van der Waals surface area (Å²) >= 11 is 0. The molecule has 4 heteroatoms. The molecule has 0 aromatic carbocycles. The Morgan fingerprint density at radius 2 is 2.06 bits per heavy atom. The summed E-state index contributed by atoms with van der Waals surface area (Å²) in [5, 5.41) is 12.0. The number of hydrogen-bond donors (Lipinski definition) is 2. The highest BCUT2D eigenvalue weighted by Gasteiger charge is 2.31. The first-order valence-electron chi connectivity index (χ1n) is 7.20. The molecule has 0 saturated heterocycles. The molecule has 0 aliphatic heterocycles. The van der Waals surface area contributed by atoms with E-state index in [2.05, 4.69) is 24.1 Å². The fourth-order valence-corrected chi connectivity index (χ4v) is 2.27. The zero-order valence-electron chi connectivity index (χ0n) is 12.0. The van der Waals surface area contributed by atoms with Gasteiger partial charge in [-0.15, -0.1) is 0 Å². The van der Waals surface area contributed by atoms with Crippen molar-refractivity contribution in [1.82, 2.24) is 10.2 Å². The minimum absolute atomic E-state index is 0.0828. The summed E-state index contributed by atoms with van der Waals surface area (Å²) in [6, 6.07) is 0.456. The first-order valence-corrected chi connectivity index (χ1v) is 7.20. The summed E-state index contributed by atoms with van der Waals surface area (Å²) in [7, 11) is 0. The van der Waals surface area contributed by atoms with Gasteiger partial charge in [0, 0.05) is 25.7 Å². The molecule has 18 heavy (non-hydrogen) atoms. The molecule has 0 bridgehead atoms. The first-order chi connectivity index (χ1) is 8.56. The van der Waals surface area contributed by atoms with Gasteiger partial charge in [0.2, 0.25) is 5.91 Å². The van der Waals surface area contributed by atoms with Crippen LogP contribution in [0.15, 0.2) is 0 Å². The van der Waals surface area contributed by atoms with Crippen molar-refractivity contribution in [3.05, 3.63) is 0 Å². The number of hydrogen-bond acceptors (Lipinski definition) is 3. The second-order valence-electron chi connectivity index (χ2n) is 5.71. The van der Waals surface area contributed by atoms with Gasteiger partial charge in [0.1, 0.15) is 0 Å². The number of rotatable bonds is 8. The van der Waals surface area contributed by atoms with E-state index in [0.717, 1.165) is 19.5 Å². The minimum atomic E-state index is -0.0828. The van der Waals surface area contributed by atoms with Crippen LogP contribution in [0.2, 0.25) is 0 Å². The molecule has 0 radical (unpaired) electrons. The third-order valence-electron chi connectivity index (χ3n) is 3.68. The maximum absolute atomic E-state index is 12.1. The minimum Gasteiger partial charge on any atom is -0.396 e. The van der Waals surface area contributed by atoms with Crippen molar-refractivity contribution in [2.24, 2.45) is 5.92 Å². The lowest BCUT2D eigenvalue weighted by atomic mass is 9.90. The maximum atomic E-state index is 12.1. The fourth-order valence-electron chi connectivity index (χ4n) is 2.27. The van der Waals surface area contributed by atoms with Gasteiger partial charge in [-0.3, -0.25) is 9.69 Å². The quantitative estimate of drug-likeness (QED) is 0.690. The van der Waals surface area contributed by atoms with E-state index in [1.165, 1.54) is 19.3 Å². The molecule has 1 saturated carbocycles. The smallest absolute Gasteiger partial charge is 0.237 e. The van der Waals surface area contributed by atoms with E-state index in [-0.39, 0.29) is 18.6 Å². The van der Waals surface area contributed by atoms with Gasteiger partial charge >= 0.3 is 0 Å². The van der Waals surface area contributed by atoms with Crippen molar-refractivity contribution < 1.29 is 9.90 Å². The molecule has 1 fully saturated rings. The largest absolute Gasteiger partial charge is 0.396 e. The lowest BCUT2D eigenvalue weighted by molar-refractivity contribution is -0.127. The Hall–Kier alpha value is -0.610. The van der Waals surface area contributed by atoms with Gasteiger partial charge in [-0.1, -0.05) is 20.3 Å². The van der Waals surface area contributed by atoms with Crippen LogP contribution in [0.4, 0.5) is 0 Å². The standard InChI is InChI=1S/C14H28N2O2/c1-11(2)10-15-14(18)12(3)16(8-5-9-17)13-6-4-7-13/h11-13,17H,4-10H2,1-3H3,(H,15,18). The third-order valence-corrected chi connectivity index (χ3v) is 3.68. The van der Waals surface area contributed by atoms with Crippen LogP contribution >= 0.6 is 0 Å². The highest BCUT2D eigenvalue weighted by Crippen LogP contribution is 2.26. The molecule has 0 heterocycles. The number of nitrogens with one attached hydrogen (secondary N) is 1. The molecular formula is C14H28N2O2. The topological polar surface area (TPSA) is 52.6 Å². The van der Waals surface area contributed by atoms with E-state index >= 15 is 0 Å². The molecule has 1 atom stereocenters. The van der Waals surface area contributed by atoms with Crippen molar-refractivity contribution in [2.75, 3.05) is 19.7 Å². The monoisotopic (exact) mass is 256 g/mol. The van der Waals surface area contributed by atoms with Gasteiger partial charge in [0.25, 0.3) is 0 Å². The Labute approximate surface area is 111 Å². The zero-order chi connectivity index (χ0) is 13.5. The molecule has 4 nitrogen and oxygen atoms in total. The average Bonchev–Trinajstić information content (AvgIpc) is 2.27. The lowest BCUT2D eigenvalue weighted by Gasteiger charge is -2.40. The Kier molecular flexibility index (Phi) is 6.65. The number of carbonyl (C=O) groups excluding carboxylic acids is 1. The molecule has 2 N–H and O–H groups in total. The fraction of sp³-hybridized carbons (Fsp3) is 0.929. The number of nitrogens with zero attached hydrogens (tertiary/aromatic N) is 1. The maximum Gasteiger partial charge on any atom is 0.237 e. The van der Waals surface area contributed by atoms with Crippen molar-refractivity contribution in [2.45, 2.75) is 58.5 Å². The van der Waals surface area contributed by atoms with Crippen LogP contribution in [0, 0.1) is 5.92 Å². The third kappa shape index (κ3) is 4.58. The van der Waals surface area contributed by atoms with Gasteiger partial charge in [-0.25, -0.2) is 0 Å². The summed E-state index contributed by atoms with van der Waals surface area (Å²) < 4.78 is 0. The van der Waals surface area contributed by atoms with Gasteiger partial charge in [-0.2, -0.15) is 0 Å². The predicted octanol–water partition coefficient (Wildman–Crippen LogP) is 1.38. The summed E-state index contributed by atoms with van der Waals surface area (Å²) in [6.07, 6.45) is 4.39. The molecule has 1 unspecified atom stereocenters. The second kappa shape index (κ2) is 7.74. The number of aliphatic hydroxyl groups is 1. The zero-order valence-corrected chi connectivity index (χ0v) is 12.0. The van der Waals surface area contributed by atoms with Crippen molar-refractivity contribution in [1.29, 1.82) is 0 Å². The highest BCUT2D eigenvalue weighted by atomic mass is 16.3. The van der Waals surface area contributed by atoms with Crippen LogP contribution in [0.3, 0.4) is 0 Å². The van der Waals surface area contributed by atoms with E-state index in [9.17, 15) is 4.79 Å². The summed E-state index contributed by atoms with van der Waals surface area (Å²) in [4.78, 5) is 14.3. The molecule has 1 amide bonds. The second-order valence-corrected chi connectivity index (χ2v) is 5.71. The summed E-state index contributed by atoms with van der Waals surface area (Å²) in [5.74, 6) is 0.601. The molecule has 0 aromatic rings. The van der Waals surface area contributed by atoms with Crippen LogP contribution in [0.25, 0.3) is 0 Å². The molecule has 0 aromatic heterocycles. The molecule has 1 aliphatic carbocycles. The molecular weight excluding hydrogens is 228 g/mol. The van der Waals surface area contributed by atoms with E-state index in [0.29, 0.717) is 12.0 Å². The van der Waals surface area contributed by atoms with Crippen molar-refractivity contribution >= 4 is 5.91 Å².